The molecule has 6 nitrogen and oxygen atoms in total. The van der Waals surface area contributed by atoms with Crippen LogP contribution in [-0.4, -0.2) is 17.7 Å². The number of hydrogen-bond donors (Lipinski definition) is 2. The van der Waals surface area contributed by atoms with E-state index in [2.05, 4.69) is 27.3 Å². The van der Waals surface area contributed by atoms with Gasteiger partial charge in [0.05, 0.1) is 0 Å². The van der Waals surface area contributed by atoms with Gasteiger partial charge in [-0.3, -0.25) is 9.99 Å². The number of hydrazone groups is 1. The van der Waals surface area contributed by atoms with Crippen molar-refractivity contribution in [1.82, 2.24) is 5.43 Å². The fraction of sp³-hybridized carbons (Fsp3) is 0.500. The average molecular weight is 233 g/mol. The molecule has 9 heteroatoms. The van der Waals surface area contributed by atoms with Crippen LogP contribution < -0.4 is 45.6 Å². The molecule has 0 aromatic heterocycles. The summed E-state index contributed by atoms with van der Waals surface area (Å²) in [5.74, 6) is -0.0661. The number of nitrogens with zero attached hydrogens (tertiary/aromatic N) is 1. The topological polar surface area (TPSA) is 99.8 Å². The molecular weight excluding hydrogens is 224 g/mol. The van der Waals surface area contributed by atoms with Crippen molar-refractivity contribution in [3.63, 3.8) is 0 Å². The Morgan fingerprint density at radius 3 is 2.54 bits per heavy atom. The van der Waals surface area contributed by atoms with Crippen LogP contribution in [0.5, 0.6) is 0 Å². The molecule has 0 aliphatic carbocycles. The first-order valence-electron chi connectivity index (χ1n) is 2.89. The van der Waals surface area contributed by atoms with Gasteiger partial charge in [-0.05, 0) is 12.2 Å². The molecule has 0 heterocycles. The number of nitrogens with two attached hydrogens (primary N) is 1. The molecule has 0 spiro atoms. The zero-order chi connectivity index (χ0) is 9.78. The first kappa shape index (κ1) is 15.8. The second kappa shape index (κ2) is 6.75. The SMILES string of the molecule is CC(=NNC(N)=S)OP(C)(=O)[O-].[Na+]. The summed E-state index contributed by atoms with van der Waals surface area (Å²) in [4.78, 5) is 10.5. The molecule has 1 unspecified atom stereocenters. The Kier molecular flexibility index (Phi) is 8.21. The molecule has 0 aromatic rings. The number of rotatable bonds is 2. The maximum atomic E-state index is 10.5. The summed E-state index contributed by atoms with van der Waals surface area (Å²) in [5, 5.41) is 3.35. The van der Waals surface area contributed by atoms with Crippen molar-refractivity contribution in [2.75, 3.05) is 6.66 Å². The number of nitrogens with one attached hydrogen (secondary N) is 1. The van der Waals surface area contributed by atoms with Gasteiger partial charge in [0.25, 0.3) is 0 Å². The number of thiocarbonyl (C=S) groups is 1. The van der Waals surface area contributed by atoms with Crippen molar-refractivity contribution in [3.05, 3.63) is 0 Å². The normalized spacial score (nSPS) is 15.2. The van der Waals surface area contributed by atoms with E-state index in [1.807, 2.05) is 0 Å². The minimum absolute atomic E-state index is 0. The largest absolute Gasteiger partial charge is 1.00 e. The van der Waals surface area contributed by atoms with E-state index < -0.39 is 7.60 Å². The van der Waals surface area contributed by atoms with Crippen molar-refractivity contribution in [3.8, 4) is 0 Å². The molecule has 0 amide bonds. The zero-order valence-electron chi connectivity index (χ0n) is 7.60. The van der Waals surface area contributed by atoms with E-state index in [9.17, 15) is 9.46 Å². The quantitative estimate of drug-likeness (QED) is 0.127. The Labute approximate surface area is 104 Å². The Morgan fingerprint density at radius 1 is 1.77 bits per heavy atom. The van der Waals surface area contributed by atoms with Gasteiger partial charge in [-0.15, -0.1) is 5.10 Å². The molecule has 1 atom stereocenters. The van der Waals surface area contributed by atoms with Gasteiger partial charge in [0.15, 0.2) is 12.7 Å². The molecule has 70 valence electrons. The molecule has 0 rings (SSSR count). The van der Waals surface area contributed by atoms with E-state index in [1.54, 1.807) is 0 Å². The summed E-state index contributed by atoms with van der Waals surface area (Å²) in [6, 6.07) is 0. The third kappa shape index (κ3) is 12.4. The van der Waals surface area contributed by atoms with Gasteiger partial charge in [0.1, 0.15) is 0 Å². The fourth-order valence-electron chi connectivity index (χ4n) is 0.394. The summed E-state index contributed by atoms with van der Waals surface area (Å²) in [6.45, 7) is 2.30. The summed E-state index contributed by atoms with van der Waals surface area (Å²) >= 11 is 4.41. The monoisotopic (exact) mass is 233 g/mol. The van der Waals surface area contributed by atoms with E-state index in [0.29, 0.717) is 0 Å². The molecular formula is C4H9N3NaO3PS. The van der Waals surface area contributed by atoms with E-state index in [0.717, 1.165) is 6.66 Å². The molecule has 0 aliphatic heterocycles. The van der Waals surface area contributed by atoms with Crippen LogP contribution in [-0.2, 0) is 9.09 Å². The first-order chi connectivity index (χ1) is 5.31. The van der Waals surface area contributed by atoms with Gasteiger partial charge >= 0.3 is 29.6 Å². The minimum atomic E-state index is -3.79. The summed E-state index contributed by atoms with van der Waals surface area (Å²) in [6.07, 6.45) is 0. The fourth-order valence-corrected chi connectivity index (χ4v) is 0.961. The molecule has 13 heavy (non-hydrogen) atoms. The van der Waals surface area contributed by atoms with Crippen LogP contribution in [0.15, 0.2) is 5.10 Å². The Balaban J connectivity index is 0. The molecule has 3 N–H and O–H groups in total. The summed E-state index contributed by atoms with van der Waals surface area (Å²) in [5.41, 5.74) is 7.20. The third-order valence-electron chi connectivity index (χ3n) is 0.621. The second-order valence-electron chi connectivity index (χ2n) is 1.97. The smallest absolute Gasteiger partial charge is 0.769 e. The van der Waals surface area contributed by atoms with E-state index in [4.69, 9.17) is 5.73 Å². The van der Waals surface area contributed by atoms with Gasteiger partial charge in [0.2, 0.25) is 5.90 Å². The molecule has 0 radical (unpaired) electrons. The molecule has 0 aromatic carbocycles. The van der Waals surface area contributed by atoms with Crippen LogP contribution >= 0.6 is 19.8 Å². The summed E-state index contributed by atoms with van der Waals surface area (Å²) < 4.78 is 14.9. The maximum absolute atomic E-state index is 10.5. The van der Waals surface area contributed by atoms with Crippen molar-refractivity contribution in [1.29, 1.82) is 0 Å². The van der Waals surface area contributed by atoms with Gasteiger partial charge in [-0.2, -0.15) is 0 Å². The first-order valence-corrected chi connectivity index (χ1v) is 5.29. The van der Waals surface area contributed by atoms with Crippen molar-refractivity contribution in [2.24, 2.45) is 10.8 Å². The zero-order valence-corrected chi connectivity index (χ0v) is 11.3. The third-order valence-corrected chi connectivity index (χ3v) is 1.31. The average Bonchev–Trinajstić information content (AvgIpc) is 1.79. The maximum Gasteiger partial charge on any atom is 1.00 e. The molecule has 0 saturated carbocycles. The van der Waals surface area contributed by atoms with Crippen LogP contribution in [0.25, 0.3) is 0 Å². The van der Waals surface area contributed by atoms with Gasteiger partial charge < -0.3 is 15.2 Å². The van der Waals surface area contributed by atoms with Crippen molar-refractivity contribution < 1.29 is 43.5 Å². The molecule has 0 aliphatic rings. The van der Waals surface area contributed by atoms with Crippen LogP contribution in [0.2, 0.25) is 0 Å². The van der Waals surface area contributed by atoms with E-state index in [-0.39, 0.29) is 40.6 Å². The van der Waals surface area contributed by atoms with Gasteiger partial charge in [0, 0.05) is 13.6 Å². The molecule has 0 fully saturated rings. The van der Waals surface area contributed by atoms with Crippen LogP contribution in [0.4, 0.5) is 0 Å². The van der Waals surface area contributed by atoms with Crippen molar-refractivity contribution >= 4 is 30.8 Å². The van der Waals surface area contributed by atoms with E-state index in [1.165, 1.54) is 6.92 Å². The van der Waals surface area contributed by atoms with Crippen LogP contribution in [0.3, 0.4) is 0 Å². The predicted octanol–water partition coefficient (Wildman–Crippen LogP) is -3.64. The van der Waals surface area contributed by atoms with Gasteiger partial charge in [-0.1, -0.05) is 0 Å². The van der Waals surface area contributed by atoms with E-state index >= 15 is 0 Å². The Bertz CT molecular complexity index is 253. The summed E-state index contributed by atoms with van der Waals surface area (Å²) in [7, 11) is -3.79. The van der Waals surface area contributed by atoms with Crippen LogP contribution in [0, 0.1) is 0 Å². The standard InChI is InChI=1S/C4H10N3O3PS.Na/c1-3(6-7-4(5)12)10-11(2,8)9;/h1-2H3,(H,8,9)(H3,5,7,12);/q;+1/p-1. The Hall–Kier alpha value is 0.350. The van der Waals surface area contributed by atoms with Crippen LogP contribution in [0.1, 0.15) is 6.92 Å². The van der Waals surface area contributed by atoms with Crippen molar-refractivity contribution in [2.45, 2.75) is 6.92 Å². The van der Waals surface area contributed by atoms with Gasteiger partial charge in [-0.25, -0.2) is 0 Å². The number of hydrogen-bond acceptors (Lipinski definition) is 5. The molecule has 0 saturated heterocycles. The second-order valence-corrected chi connectivity index (χ2v) is 4.13. The Morgan fingerprint density at radius 2 is 2.23 bits per heavy atom. The molecule has 0 bridgehead atoms. The predicted molar refractivity (Wildman–Crippen MR) is 47.6 cm³/mol. The minimum Gasteiger partial charge on any atom is -0.769 e.